The monoisotopic (exact) mass is 118 g/mol. The predicted molar refractivity (Wildman–Crippen MR) is 28.1 cm³/mol. The molecule has 40 valence electrons. The van der Waals surface area contributed by atoms with Gasteiger partial charge in [0.25, 0.3) is 0 Å². The number of hydrogen-bond acceptors (Lipinski definition) is 2. The van der Waals surface area contributed by atoms with Crippen LogP contribution in [0.25, 0.3) is 0 Å². The SMILES string of the molecule is NC(=O)NC(=O)[SiH3]. The fraction of sp³-hybridized carbons (Fsp3) is 0. The van der Waals surface area contributed by atoms with Crippen molar-refractivity contribution in [1.29, 1.82) is 0 Å². The second-order valence-electron chi connectivity index (χ2n) is 1.05. The maximum absolute atomic E-state index is 9.90. The smallest absolute Gasteiger partial charge is 0.318 e. The fourth-order valence-corrected chi connectivity index (χ4v) is 0.420. The first-order chi connectivity index (χ1) is 3.13. The molecule has 4 nitrogen and oxygen atoms in total. The van der Waals surface area contributed by atoms with E-state index in [0.29, 0.717) is 10.2 Å². The molecule has 0 radical (unpaired) electrons. The fourth-order valence-electron chi connectivity index (χ4n) is 0.173. The summed E-state index contributed by atoms with van der Waals surface area (Å²) in [7, 11) is 0.316. The summed E-state index contributed by atoms with van der Waals surface area (Å²) in [5.41, 5.74) is 4.25. The van der Waals surface area contributed by atoms with Crippen LogP contribution >= 0.6 is 0 Å². The van der Waals surface area contributed by atoms with Gasteiger partial charge in [0.15, 0.2) is 5.53 Å². The van der Waals surface area contributed by atoms with Gasteiger partial charge in [-0.15, -0.1) is 0 Å². The first-order valence-corrected chi connectivity index (χ1v) is 2.70. The van der Waals surface area contributed by atoms with Gasteiger partial charge in [-0.25, -0.2) is 4.79 Å². The number of hydrogen-bond donors (Lipinski definition) is 2. The molecule has 3 N–H and O–H groups in total. The molecule has 0 spiro atoms. The standard InChI is InChI=1S/C2H6N2O2Si/c3-1(5)4-2(6)7/h7H3,(H3,3,4,5,6). The Bertz CT molecular complexity index is 89.9. The highest BCUT2D eigenvalue weighted by atomic mass is 28.1. The summed E-state index contributed by atoms with van der Waals surface area (Å²) in [5, 5.41) is 1.87. The largest absolute Gasteiger partial charge is 0.351 e. The third-order valence-electron chi connectivity index (χ3n) is 0.299. The van der Waals surface area contributed by atoms with Crippen LogP contribution < -0.4 is 11.1 Å². The molecule has 0 rings (SSSR count). The Labute approximate surface area is 43.5 Å². The van der Waals surface area contributed by atoms with Crippen molar-refractivity contribution in [2.24, 2.45) is 5.73 Å². The number of rotatable bonds is 0. The van der Waals surface area contributed by atoms with Crippen LogP contribution in [0.1, 0.15) is 0 Å². The number of amides is 3. The number of urea groups is 1. The molecule has 0 saturated heterocycles. The van der Waals surface area contributed by atoms with Gasteiger partial charge in [-0.2, -0.15) is 0 Å². The molecule has 0 bridgehead atoms. The van der Waals surface area contributed by atoms with Gasteiger partial charge in [0.1, 0.15) is 10.2 Å². The van der Waals surface area contributed by atoms with Gasteiger partial charge >= 0.3 is 6.03 Å². The minimum Gasteiger partial charge on any atom is -0.351 e. The molecule has 0 aromatic carbocycles. The number of imide groups is 1. The van der Waals surface area contributed by atoms with Crippen LogP contribution in [0, 0.1) is 0 Å². The Morgan fingerprint density at radius 3 is 2.00 bits per heavy atom. The third-order valence-corrected chi connectivity index (χ3v) is 0.549. The van der Waals surface area contributed by atoms with E-state index in [0.717, 1.165) is 0 Å². The Morgan fingerprint density at radius 1 is 1.57 bits per heavy atom. The molecule has 0 fully saturated rings. The lowest BCUT2D eigenvalue weighted by atomic mass is 11.0. The lowest BCUT2D eigenvalue weighted by molar-refractivity contribution is 0.242. The van der Waals surface area contributed by atoms with Crippen molar-refractivity contribution in [3.63, 3.8) is 0 Å². The molecular weight excluding hydrogens is 112 g/mol. The lowest BCUT2D eigenvalue weighted by Gasteiger charge is -1.88. The van der Waals surface area contributed by atoms with Gasteiger partial charge < -0.3 is 5.73 Å². The highest BCUT2D eigenvalue weighted by molar-refractivity contribution is 6.58. The van der Waals surface area contributed by atoms with Crippen molar-refractivity contribution in [2.75, 3.05) is 0 Å². The van der Waals surface area contributed by atoms with Crippen LogP contribution in [-0.2, 0) is 0 Å². The minimum absolute atomic E-state index is 0.299. The van der Waals surface area contributed by atoms with E-state index in [9.17, 15) is 9.59 Å². The van der Waals surface area contributed by atoms with E-state index in [1.165, 1.54) is 0 Å². The van der Waals surface area contributed by atoms with Crippen LogP contribution in [0.15, 0.2) is 0 Å². The van der Waals surface area contributed by atoms with Crippen molar-refractivity contribution in [2.45, 2.75) is 0 Å². The molecule has 7 heavy (non-hydrogen) atoms. The molecule has 3 amide bonds. The van der Waals surface area contributed by atoms with Crippen molar-refractivity contribution in [1.82, 2.24) is 5.32 Å². The molecule has 0 aliphatic rings. The van der Waals surface area contributed by atoms with Crippen LogP contribution in [0.3, 0.4) is 0 Å². The summed E-state index contributed by atoms with van der Waals surface area (Å²) < 4.78 is 0. The van der Waals surface area contributed by atoms with E-state index >= 15 is 0 Å². The Kier molecular flexibility index (Phi) is 2.07. The summed E-state index contributed by atoms with van der Waals surface area (Å²) in [4.78, 5) is 19.6. The van der Waals surface area contributed by atoms with Gasteiger partial charge in [0.2, 0.25) is 0 Å². The van der Waals surface area contributed by atoms with E-state index in [1.54, 1.807) is 0 Å². The summed E-state index contributed by atoms with van der Waals surface area (Å²) >= 11 is 0. The van der Waals surface area contributed by atoms with Crippen LogP contribution in [-0.4, -0.2) is 21.8 Å². The van der Waals surface area contributed by atoms with Crippen molar-refractivity contribution in [3.05, 3.63) is 0 Å². The normalized spacial score (nSPS) is 8.00. The van der Waals surface area contributed by atoms with Gasteiger partial charge in [-0.3, -0.25) is 10.1 Å². The number of carbonyl (C=O) groups is 2. The molecule has 0 aliphatic heterocycles. The van der Waals surface area contributed by atoms with E-state index in [1.807, 2.05) is 5.32 Å². The lowest BCUT2D eigenvalue weighted by Crippen LogP contribution is -2.33. The van der Waals surface area contributed by atoms with E-state index < -0.39 is 6.03 Å². The molecule has 0 aromatic heterocycles. The van der Waals surface area contributed by atoms with Crippen molar-refractivity contribution >= 4 is 21.8 Å². The Hall–Kier alpha value is -0.843. The Balaban J connectivity index is 3.32. The van der Waals surface area contributed by atoms with Gasteiger partial charge in [0, 0.05) is 0 Å². The van der Waals surface area contributed by atoms with Crippen molar-refractivity contribution < 1.29 is 9.59 Å². The first kappa shape index (κ1) is 6.16. The topological polar surface area (TPSA) is 72.2 Å². The maximum atomic E-state index is 9.90. The summed E-state index contributed by atoms with van der Waals surface area (Å²) in [5.74, 6) is 0. The maximum Gasteiger partial charge on any atom is 0.318 e. The molecule has 0 atom stereocenters. The number of primary amides is 1. The highest BCUT2D eigenvalue weighted by Crippen LogP contribution is 1.55. The summed E-state index contributed by atoms with van der Waals surface area (Å²) in [6.07, 6.45) is 0. The predicted octanol–water partition coefficient (Wildman–Crippen LogP) is -1.86. The van der Waals surface area contributed by atoms with E-state index in [2.05, 4.69) is 5.73 Å². The second kappa shape index (κ2) is 2.35. The highest BCUT2D eigenvalue weighted by Gasteiger charge is 1.90. The average Bonchev–Trinajstić information content (AvgIpc) is 1.27. The van der Waals surface area contributed by atoms with E-state index in [4.69, 9.17) is 0 Å². The third kappa shape index (κ3) is 5.16. The van der Waals surface area contributed by atoms with Crippen LogP contribution in [0.4, 0.5) is 9.59 Å². The molecule has 5 heteroatoms. The molecular formula is C2H6N2O2Si. The summed E-state index contributed by atoms with van der Waals surface area (Å²) in [6.45, 7) is 0. The molecule has 0 heterocycles. The summed E-state index contributed by atoms with van der Waals surface area (Å²) in [6, 6.07) is -0.778. The molecule has 0 aromatic rings. The second-order valence-corrected chi connectivity index (χ2v) is 1.95. The van der Waals surface area contributed by atoms with E-state index in [-0.39, 0.29) is 5.53 Å². The quantitative estimate of drug-likeness (QED) is 0.366. The van der Waals surface area contributed by atoms with Crippen molar-refractivity contribution in [3.8, 4) is 0 Å². The zero-order valence-electron chi connectivity index (χ0n) is 3.89. The molecule has 0 saturated carbocycles. The average molecular weight is 118 g/mol. The van der Waals surface area contributed by atoms with Crippen LogP contribution in [0.2, 0.25) is 0 Å². The first-order valence-electron chi connectivity index (χ1n) is 1.70. The molecule has 0 aliphatic carbocycles. The number of nitrogens with one attached hydrogen (secondary N) is 1. The zero-order chi connectivity index (χ0) is 5.86. The number of carbonyl (C=O) groups excluding carboxylic acids is 2. The minimum atomic E-state index is -0.778. The van der Waals surface area contributed by atoms with Gasteiger partial charge in [-0.05, 0) is 0 Å². The zero-order valence-corrected chi connectivity index (χ0v) is 5.89. The van der Waals surface area contributed by atoms with Gasteiger partial charge in [0.05, 0.1) is 0 Å². The molecule has 0 unspecified atom stereocenters. The van der Waals surface area contributed by atoms with Gasteiger partial charge in [-0.1, -0.05) is 0 Å². The Morgan fingerprint density at radius 2 is 2.00 bits per heavy atom. The van der Waals surface area contributed by atoms with Crippen LogP contribution in [0.5, 0.6) is 0 Å². The number of nitrogens with two attached hydrogens (primary N) is 1.